The summed E-state index contributed by atoms with van der Waals surface area (Å²) in [4.78, 5) is 89.9. The molecule has 0 aliphatic carbocycles. The Kier molecular flexibility index (Phi) is 20.7. The number of carbonyl (C=O) groups is 7. The van der Waals surface area contributed by atoms with Crippen molar-refractivity contribution >= 4 is 41.4 Å². The summed E-state index contributed by atoms with van der Waals surface area (Å²) in [6.07, 6.45) is -3.59. The molecule has 0 saturated carbocycles. The van der Waals surface area contributed by atoms with Crippen molar-refractivity contribution in [3.63, 3.8) is 0 Å². The van der Waals surface area contributed by atoms with Gasteiger partial charge in [-0.2, -0.15) is 0 Å². The van der Waals surface area contributed by atoms with Crippen molar-refractivity contribution in [2.24, 2.45) is 22.5 Å². The van der Waals surface area contributed by atoms with Crippen molar-refractivity contribution in [1.29, 1.82) is 0 Å². The minimum atomic E-state index is -3.27. The van der Waals surface area contributed by atoms with Crippen LogP contribution in [-0.4, -0.2) is 108 Å². The number of amides is 6. The zero-order valence-corrected chi connectivity index (χ0v) is 34.1. The highest BCUT2D eigenvalue weighted by molar-refractivity contribution is 5.94. The summed E-state index contributed by atoms with van der Waals surface area (Å²) >= 11 is 0. The van der Waals surface area contributed by atoms with Gasteiger partial charge in [-0.1, -0.05) is 71.9 Å². The Balaban J connectivity index is 2.93. The van der Waals surface area contributed by atoms with E-state index in [-0.39, 0.29) is 57.0 Å². The molecule has 6 amide bonds. The maximum atomic E-state index is 13.7. The van der Waals surface area contributed by atoms with Crippen LogP contribution in [-0.2, 0) is 40.0 Å². The highest BCUT2D eigenvalue weighted by Gasteiger charge is 2.43. The van der Waals surface area contributed by atoms with Crippen molar-refractivity contribution in [2.75, 3.05) is 26.2 Å². The smallest absolute Gasteiger partial charge is 0.329 e. The zero-order valence-electron chi connectivity index (χ0n) is 34.1. The van der Waals surface area contributed by atoms with Gasteiger partial charge in [0.1, 0.15) is 12.1 Å². The Morgan fingerprint density at radius 2 is 1.40 bits per heavy atom. The van der Waals surface area contributed by atoms with E-state index in [9.17, 15) is 47.4 Å². The van der Waals surface area contributed by atoms with Crippen LogP contribution in [0.1, 0.15) is 92.6 Å². The van der Waals surface area contributed by atoms with Crippen LogP contribution >= 0.6 is 0 Å². The molecular weight excluding hydrogens is 748 g/mol. The van der Waals surface area contributed by atoms with E-state index in [2.05, 4.69) is 31.9 Å². The third kappa shape index (κ3) is 17.5. The lowest BCUT2D eigenvalue weighted by Crippen LogP contribution is -2.56. The Labute approximate surface area is 333 Å². The molecule has 0 spiro atoms. The van der Waals surface area contributed by atoms with E-state index in [0.29, 0.717) is 12.0 Å². The SMILES string of the molecule is CCC(C)(CC(C)(C)C(=O)NCC(=O)NC(Cc1ccccc1)C(=O)NC(CC(C)C)C(=O)NCC(=O)NCCCCC(N)(C(=O)O)C(F)F)C(=O)NCC(C)O. The van der Waals surface area contributed by atoms with Crippen molar-refractivity contribution in [3.8, 4) is 0 Å². The first-order chi connectivity index (χ1) is 26.5. The molecule has 1 aromatic rings. The van der Waals surface area contributed by atoms with Gasteiger partial charge < -0.3 is 47.8 Å². The predicted molar refractivity (Wildman–Crippen MR) is 208 cm³/mol. The fourth-order valence-corrected chi connectivity index (χ4v) is 5.99. The van der Waals surface area contributed by atoms with E-state index >= 15 is 0 Å². The van der Waals surface area contributed by atoms with Crippen molar-refractivity contribution < 1.29 is 52.6 Å². The number of nitrogens with one attached hydrogen (secondary N) is 6. The first kappa shape index (κ1) is 50.3. The number of rotatable bonds is 26. The summed E-state index contributed by atoms with van der Waals surface area (Å²) in [5.41, 5.74) is 1.28. The van der Waals surface area contributed by atoms with E-state index in [0.717, 1.165) is 0 Å². The van der Waals surface area contributed by atoms with Crippen molar-refractivity contribution in [2.45, 2.75) is 124 Å². The number of alkyl halides is 2. The van der Waals surface area contributed by atoms with Gasteiger partial charge in [0.05, 0.1) is 19.2 Å². The number of aliphatic hydroxyl groups is 1. The molecule has 0 radical (unpaired) electrons. The van der Waals surface area contributed by atoms with Gasteiger partial charge in [-0.25, -0.2) is 13.6 Å². The zero-order chi connectivity index (χ0) is 43.6. The number of benzene rings is 1. The normalized spacial score (nSPS) is 15.2. The van der Waals surface area contributed by atoms with Crippen LogP contribution in [0.25, 0.3) is 0 Å². The Hall–Kier alpha value is -4.71. The number of aliphatic hydroxyl groups excluding tert-OH is 1. The number of halogens is 2. The molecule has 0 aliphatic heterocycles. The summed E-state index contributed by atoms with van der Waals surface area (Å²) in [7, 11) is 0. The van der Waals surface area contributed by atoms with Crippen molar-refractivity contribution in [3.05, 3.63) is 35.9 Å². The number of hydrogen-bond donors (Lipinski definition) is 9. The molecule has 0 aromatic heterocycles. The lowest BCUT2D eigenvalue weighted by atomic mass is 9.71. The van der Waals surface area contributed by atoms with Gasteiger partial charge in [0, 0.05) is 30.3 Å². The average Bonchev–Trinajstić information content (AvgIpc) is 3.13. The maximum Gasteiger partial charge on any atom is 0.329 e. The van der Waals surface area contributed by atoms with Gasteiger partial charge in [-0.15, -0.1) is 0 Å². The molecule has 10 N–H and O–H groups in total. The Morgan fingerprint density at radius 1 is 0.789 bits per heavy atom. The maximum absolute atomic E-state index is 13.7. The number of carboxylic acids is 1. The molecule has 0 aliphatic rings. The van der Waals surface area contributed by atoms with Crippen LogP contribution < -0.4 is 37.6 Å². The molecule has 0 saturated heterocycles. The minimum absolute atomic E-state index is 0.00191. The molecule has 1 aromatic carbocycles. The summed E-state index contributed by atoms with van der Waals surface area (Å²) < 4.78 is 26.2. The van der Waals surface area contributed by atoms with Crippen LogP contribution in [0.2, 0.25) is 0 Å². The summed E-state index contributed by atoms with van der Waals surface area (Å²) in [6.45, 7) is 11.2. The van der Waals surface area contributed by atoms with Gasteiger partial charge in [0.25, 0.3) is 6.43 Å². The topological polar surface area (TPSA) is 258 Å². The molecule has 1 rings (SSSR count). The Bertz CT molecular complexity index is 1510. The Morgan fingerprint density at radius 3 is 1.95 bits per heavy atom. The van der Waals surface area contributed by atoms with Crippen molar-refractivity contribution in [1.82, 2.24) is 31.9 Å². The fourth-order valence-electron chi connectivity index (χ4n) is 5.99. The second-order valence-corrected chi connectivity index (χ2v) is 15.9. The highest BCUT2D eigenvalue weighted by atomic mass is 19.3. The van der Waals surface area contributed by atoms with E-state index < -0.39 is 96.0 Å². The monoisotopic (exact) mass is 811 g/mol. The second-order valence-electron chi connectivity index (χ2n) is 15.9. The number of carbonyl (C=O) groups excluding carboxylic acids is 6. The van der Waals surface area contributed by atoms with Gasteiger partial charge in [0.15, 0.2) is 5.54 Å². The first-order valence-corrected chi connectivity index (χ1v) is 19.2. The summed E-state index contributed by atoms with van der Waals surface area (Å²) in [5, 5.41) is 34.2. The van der Waals surface area contributed by atoms with E-state index in [1.165, 1.54) is 0 Å². The molecule has 5 atom stereocenters. The predicted octanol–water partition coefficient (Wildman–Crippen LogP) is 1.14. The minimum Gasteiger partial charge on any atom is -0.480 e. The van der Waals surface area contributed by atoms with Gasteiger partial charge in [-0.05, 0) is 56.9 Å². The molecule has 0 bridgehead atoms. The molecular formula is C39H63F2N7O9. The molecule has 5 unspecified atom stereocenters. The highest BCUT2D eigenvalue weighted by Crippen LogP contribution is 2.37. The number of nitrogens with two attached hydrogens (primary N) is 1. The molecule has 57 heavy (non-hydrogen) atoms. The molecule has 0 fully saturated rings. The lowest BCUT2D eigenvalue weighted by Gasteiger charge is -2.35. The second kappa shape index (κ2) is 23.5. The number of hydrogen-bond acceptors (Lipinski definition) is 9. The van der Waals surface area contributed by atoms with Gasteiger partial charge in [-0.3, -0.25) is 28.8 Å². The third-order valence-corrected chi connectivity index (χ3v) is 9.57. The van der Waals surface area contributed by atoms with Crippen LogP contribution in [0, 0.1) is 16.7 Å². The standard InChI is InChI=1S/C39H63F2N7O9/c1-8-38(7,35(55)45-20-25(4)49)23-37(5,6)34(54)46-22-30(51)47-28(19-26-14-10-9-11-15-26)32(53)48-27(18-24(2)3)31(52)44-21-29(50)43-17-13-12-16-39(42,33(40)41)36(56)57/h9-11,14-15,24-25,27-28,33,49H,8,12-13,16-23,42H2,1-7H3,(H,43,50)(H,44,52)(H,45,55)(H,46,54)(H,47,51)(H,48,53)(H,56,57). The first-order valence-electron chi connectivity index (χ1n) is 19.2. The van der Waals surface area contributed by atoms with E-state index in [4.69, 9.17) is 10.8 Å². The molecule has 0 heterocycles. The van der Waals surface area contributed by atoms with E-state index in [1.54, 1.807) is 58.0 Å². The molecule has 322 valence electrons. The summed E-state index contributed by atoms with van der Waals surface area (Å²) in [6, 6.07) is 6.54. The largest absolute Gasteiger partial charge is 0.480 e. The van der Waals surface area contributed by atoms with Crippen LogP contribution in [0.5, 0.6) is 0 Å². The fraction of sp³-hybridized carbons (Fsp3) is 0.667. The van der Waals surface area contributed by atoms with E-state index in [1.807, 2.05) is 20.8 Å². The number of unbranched alkanes of at least 4 members (excludes halogenated alkanes) is 1. The van der Waals surface area contributed by atoms with Crippen LogP contribution in [0.4, 0.5) is 8.78 Å². The quantitative estimate of drug-likeness (QED) is 0.0603. The average molecular weight is 812 g/mol. The molecule has 16 nitrogen and oxygen atoms in total. The lowest BCUT2D eigenvalue weighted by molar-refractivity contribution is -0.150. The van der Waals surface area contributed by atoms with Crippen LogP contribution in [0.15, 0.2) is 30.3 Å². The van der Waals surface area contributed by atoms with Gasteiger partial charge >= 0.3 is 5.97 Å². The third-order valence-electron chi connectivity index (χ3n) is 9.57. The molecule has 18 heteroatoms. The van der Waals surface area contributed by atoms with Gasteiger partial charge in [0.2, 0.25) is 35.4 Å². The number of carboxylic acid groups (broad SMARTS) is 1. The number of aliphatic carboxylic acids is 1. The summed E-state index contributed by atoms with van der Waals surface area (Å²) in [5.74, 6) is -5.36. The van der Waals surface area contributed by atoms with Crippen LogP contribution in [0.3, 0.4) is 0 Å².